The molecule has 0 aliphatic heterocycles. The molecule has 0 saturated heterocycles. The standard InChI is InChI=1S/C13H18ClN3O3/c1-16(2)12(18)9-17(6-7-20-3)13(19)10-8-15-5-4-11(10)14/h4-5,8H,6-7,9H2,1-3H3. The zero-order chi connectivity index (χ0) is 15.1. The van der Waals surface area contributed by atoms with Gasteiger partial charge in [-0.1, -0.05) is 11.6 Å². The number of methoxy groups -OCH3 is 1. The van der Waals surface area contributed by atoms with Crippen LogP contribution in [0.2, 0.25) is 5.02 Å². The van der Waals surface area contributed by atoms with Gasteiger partial charge >= 0.3 is 0 Å². The quantitative estimate of drug-likeness (QED) is 0.783. The van der Waals surface area contributed by atoms with Gasteiger partial charge in [0.05, 0.1) is 17.2 Å². The Morgan fingerprint density at radius 2 is 2.10 bits per heavy atom. The Bertz CT molecular complexity index is 480. The number of rotatable bonds is 6. The van der Waals surface area contributed by atoms with E-state index >= 15 is 0 Å². The Labute approximate surface area is 123 Å². The van der Waals surface area contributed by atoms with Gasteiger partial charge < -0.3 is 14.5 Å². The molecule has 2 amide bonds. The van der Waals surface area contributed by atoms with Crippen LogP contribution in [-0.4, -0.2) is 67.5 Å². The fraction of sp³-hybridized carbons (Fsp3) is 0.462. The van der Waals surface area contributed by atoms with Crippen molar-refractivity contribution >= 4 is 23.4 Å². The third kappa shape index (κ3) is 4.47. The van der Waals surface area contributed by atoms with Crippen molar-refractivity contribution in [3.8, 4) is 0 Å². The first kappa shape index (κ1) is 16.4. The normalized spacial score (nSPS) is 10.2. The van der Waals surface area contributed by atoms with Crippen LogP contribution in [0.3, 0.4) is 0 Å². The molecule has 0 bridgehead atoms. The van der Waals surface area contributed by atoms with E-state index in [9.17, 15) is 9.59 Å². The highest BCUT2D eigenvalue weighted by atomic mass is 35.5. The first-order chi connectivity index (χ1) is 9.47. The molecule has 0 aromatic carbocycles. The van der Waals surface area contributed by atoms with Crippen molar-refractivity contribution in [3.05, 3.63) is 29.0 Å². The average molecular weight is 300 g/mol. The van der Waals surface area contributed by atoms with E-state index in [4.69, 9.17) is 16.3 Å². The number of likely N-dealkylation sites (N-methyl/N-ethyl adjacent to an activating group) is 1. The van der Waals surface area contributed by atoms with E-state index in [-0.39, 0.29) is 23.9 Å². The summed E-state index contributed by atoms with van der Waals surface area (Å²) in [5.74, 6) is -0.509. The Morgan fingerprint density at radius 3 is 2.65 bits per heavy atom. The second-order valence-corrected chi connectivity index (χ2v) is 4.77. The van der Waals surface area contributed by atoms with Crippen LogP contribution in [0.25, 0.3) is 0 Å². The van der Waals surface area contributed by atoms with E-state index in [0.717, 1.165) is 0 Å². The maximum absolute atomic E-state index is 12.4. The van der Waals surface area contributed by atoms with Gasteiger partial charge in [0.15, 0.2) is 0 Å². The van der Waals surface area contributed by atoms with Gasteiger partial charge in [-0.25, -0.2) is 0 Å². The topological polar surface area (TPSA) is 62.7 Å². The molecule has 0 fully saturated rings. The fourth-order valence-electron chi connectivity index (χ4n) is 1.46. The van der Waals surface area contributed by atoms with E-state index in [2.05, 4.69) is 4.98 Å². The number of halogens is 1. The number of carbonyl (C=O) groups excluding carboxylic acids is 2. The highest BCUT2D eigenvalue weighted by molar-refractivity contribution is 6.33. The van der Waals surface area contributed by atoms with Crippen LogP contribution < -0.4 is 0 Å². The van der Waals surface area contributed by atoms with Crippen molar-refractivity contribution in [1.29, 1.82) is 0 Å². The molecule has 6 nitrogen and oxygen atoms in total. The van der Waals surface area contributed by atoms with Crippen molar-refractivity contribution in [1.82, 2.24) is 14.8 Å². The van der Waals surface area contributed by atoms with Gasteiger partial charge in [0.25, 0.3) is 5.91 Å². The van der Waals surface area contributed by atoms with E-state index < -0.39 is 0 Å². The molecule has 0 aliphatic carbocycles. The summed E-state index contributed by atoms with van der Waals surface area (Å²) >= 11 is 5.98. The highest BCUT2D eigenvalue weighted by Crippen LogP contribution is 2.15. The van der Waals surface area contributed by atoms with Gasteiger partial charge in [-0.15, -0.1) is 0 Å². The van der Waals surface area contributed by atoms with Gasteiger partial charge in [0.2, 0.25) is 5.91 Å². The summed E-state index contributed by atoms with van der Waals surface area (Å²) in [6.07, 6.45) is 2.90. The number of aromatic nitrogens is 1. The first-order valence-corrected chi connectivity index (χ1v) is 6.43. The Morgan fingerprint density at radius 1 is 1.40 bits per heavy atom. The lowest BCUT2D eigenvalue weighted by Crippen LogP contribution is -2.42. The largest absolute Gasteiger partial charge is 0.383 e. The van der Waals surface area contributed by atoms with Crippen LogP contribution >= 0.6 is 11.6 Å². The summed E-state index contributed by atoms with van der Waals surface area (Å²) in [7, 11) is 4.81. The first-order valence-electron chi connectivity index (χ1n) is 6.05. The second kappa shape index (κ2) is 7.81. The predicted octanol–water partition coefficient (Wildman–Crippen LogP) is 0.912. The Hall–Kier alpha value is -1.66. The minimum atomic E-state index is -0.338. The third-order valence-corrected chi connectivity index (χ3v) is 3.01. The third-order valence-electron chi connectivity index (χ3n) is 2.68. The molecule has 20 heavy (non-hydrogen) atoms. The maximum atomic E-state index is 12.4. The number of hydrogen-bond acceptors (Lipinski definition) is 4. The zero-order valence-corrected chi connectivity index (χ0v) is 12.6. The molecular formula is C13H18ClN3O3. The van der Waals surface area contributed by atoms with Gasteiger partial charge in [0, 0.05) is 40.1 Å². The van der Waals surface area contributed by atoms with Crippen molar-refractivity contribution in [2.75, 3.05) is 40.9 Å². The molecule has 1 aromatic heterocycles. The smallest absolute Gasteiger partial charge is 0.257 e. The molecule has 1 rings (SSSR count). The lowest BCUT2D eigenvalue weighted by Gasteiger charge is -2.23. The highest BCUT2D eigenvalue weighted by Gasteiger charge is 2.21. The summed E-state index contributed by atoms with van der Waals surface area (Å²) < 4.78 is 4.96. The molecule has 0 atom stereocenters. The number of hydrogen-bond donors (Lipinski definition) is 0. The van der Waals surface area contributed by atoms with E-state index in [1.165, 1.54) is 35.4 Å². The van der Waals surface area contributed by atoms with Crippen LogP contribution in [0.15, 0.2) is 18.5 Å². The van der Waals surface area contributed by atoms with Crippen molar-refractivity contribution in [2.24, 2.45) is 0 Å². The van der Waals surface area contributed by atoms with Crippen molar-refractivity contribution in [3.63, 3.8) is 0 Å². The van der Waals surface area contributed by atoms with E-state index in [0.29, 0.717) is 18.2 Å². The van der Waals surface area contributed by atoms with Crippen LogP contribution in [0, 0.1) is 0 Å². The van der Waals surface area contributed by atoms with Crippen LogP contribution in [-0.2, 0) is 9.53 Å². The Kier molecular flexibility index (Phi) is 6.41. The SMILES string of the molecule is COCCN(CC(=O)N(C)C)C(=O)c1cnccc1Cl. The summed E-state index contributed by atoms with van der Waals surface area (Å²) in [4.78, 5) is 30.9. The lowest BCUT2D eigenvalue weighted by atomic mass is 10.2. The summed E-state index contributed by atoms with van der Waals surface area (Å²) in [6.45, 7) is 0.616. The minimum absolute atomic E-state index is 0.0274. The number of nitrogens with zero attached hydrogens (tertiary/aromatic N) is 3. The van der Waals surface area contributed by atoms with Gasteiger partial charge in [-0.05, 0) is 6.07 Å². The molecular weight excluding hydrogens is 282 g/mol. The van der Waals surface area contributed by atoms with Crippen molar-refractivity contribution < 1.29 is 14.3 Å². The van der Waals surface area contributed by atoms with Gasteiger partial charge in [-0.3, -0.25) is 14.6 Å². The summed E-state index contributed by atoms with van der Waals surface area (Å²) in [6, 6.07) is 1.54. The molecule has 0 aliphatic rings. The molecule has 0 N–H and O–H groups in total. The number of ether oxygens (including phenoxy) is 1. The molecule has 1 aromatic rings. The lowest BCUT2D eigenvalue weighted by molar-refractivity contribution is -0.129. The molecule has 1 heterocycles. The molecule has 0 saturated carbocycles. The monoisotopic (exact) mass is 299 g/mol. The molecule has 0 radical (unpaired) electrons. The molecule has 0 unspecified atom stereocenters. The zero-order valence-electron chi connectivity index (χ0n) is 11.8. The summed E-state index contributed by atoms with van der Waals surface area (Å²) in [5.41, 5.74) is 0.275. The molecule has 0 spiro atoms. The summed E-state index contributed by atoms with van der Waals surface area (Å²) in [5, 5.41) is 0.310. The van der Waals surface area contributed by atoms with Gasteiger partial charge in [0.1, 0.15) is 6.54 Å². The minimum Gasteiger partial charge on any atom is -0.383 e. The second-order valence-electron chi connectivity index (χ2n) is 4.36. The number of amides is 2. The van der Waals surface area contributed by atoms with E-state index in [1.54, 1.807) is 14.1 Å². The average Bonchev–Trinajstić information content (AvgIpc) is 2.42. The maximum Gasteiger partial charge on any atom is 0.257 e. The number of pyridine rings is 1. The number of carbonyl (C=O) groups is 2. The Balaban J connectivity index is 2.89. The van der Waals surface area contributed by atoms with Crippen LogP contribution in [0.1, 0.15) is 10.4 Å². The van der Waals surface area contributed by atoms with Crippen molar-refractivity contribution in [2.45, 2.75) is 0 Å². The van der Waals surface area contributed by atoms with Gasteiger partial charge in [-0.2, -0.15) is 0 Å². The predicted molar refractivity (Wildman–Crippen MR) is 75.7 cm³/mol. The van der Waals surface area contributed by atoms with E-state index in [1.807, 2.05) is 0 Å². The molecule has 110 valence electrons. The fourth-order valence-corrected chi connectivity index (χ4v) is 1.65. The molecule has 7 heteroatoms. The van der Waals surface area contributed by atoms with Crippen LogP contribution in [0.4, 0.5) is 0 Å². The van der Waals surface area contributed by atoms with Crippen LogP contribution in [0.5, 0.6) is 0 Å².